The van der Waals surface area contributed by atoms with E-state index in [0.29, 0.717) is 6.92 Å². The number of hydrogen-bond acceptors (Lipinski definition) is 3. The van der Waals surface area contributed by atoms with Gasteiger partial charge in [0.1, 0.15) is 6.61 Å². The van der Waals surface area contributed by atoms with Crippen LogP contribution in [0.15, 0.2) is 0 Å². The van der Waals surface area contributed by atoms with Gasteiger partial charge in [-0.15, -0.1) is 0 Å². The number of esters is 1. The standard InChI is InChI=1S/C8H13F3O3/c1-8(10,11)6(9)3-4-14-7(12)5-13-2/h6H,3-5H2,1-2H3. The molecule has 0 spiro atoms. The van der Waals surface area contributed by atoms with Gasteiger partial charge in [0, 0.05) is 20.5 Å². The molecule has 0 bridgehead atoms. The lowest BCUT2D eigenvalue weighted by molar-refractivity contribution is -0.149. The first-order chi connectivity index (χ1) is 6.38. The highest BCUT2D eigenvalue weighted by molar-refractivity contribution is 5.70. The molecule has 6 heteroatoms. The Balaban J connectivity index is 3.59. The van der Waals surface area contributed by atoms with Crippen LogP contribution in [-0.4, -0.2) is 38.4 Å². The van der Waals surface area contributed by atoms with Gasteiger partial charge >= 0.3 is 5.97 Å². The van der Waals surface area contributed by atoms with E-state index in [1.165, 1.54) is 7.11 Å². The van der Waals surface area contributed by atoms with Gasteiger partial charge in [0.15, 0.2) is 6.17 Å². The summed E-state index contributed by atoms with van der Waals surface area (Å²) in [7, 11) is 1.29. The van der Waals surface area contributed by atoms with Crippen molar-refractivity contribution in [3.63, 3.8) is 0 Å². The van der Waals surface area contributed by atoms with Crippen molar-refractivity contribution < 1.29 is 27.4 Å². The summed E-state index contributed by atoms with van der Waals surface area (Å²) in [5, 5.41) is 0. The lowest BCUT2D eigenvalue weighted by Crippen LogP contribution is -2.27. The van der Waals surface area contributed by atoms with E-state index in [2.05, 4.69) is 9.47 Å². The maximum Gasteiger partial charge on any atom is 0.332 e. The molecular formula is C8H13F3O3. The van der Waals surface area contributed by atoms with Crippen molar-refractivity contribution in [2.45, 2.75) is 25.4 Å². The third-order valence-electron chi connectivity index (χ3n) is 1.45. The second kappa shape index (κ2) is 5.85. The average molecular weight is 214 g/mol. The number of methoxy groups -OCH3 is 1. The molecule has 1 unspecified atom stereocenters. The van der Waals surface area contributed by atoms with E-state index in [0.717, 1.165) is 0 Å². The zero-order valence-electron chi connectivity index (χ0n) is 8.06. The van der Waals surface area contributed by atoms with Gasteiger partial charge in [-0.05, 0) is 0 Å². The molecule has 0 rings (SSSR count). The van der Waals surface area contributed by atoms with Gasteiger partial charge in [0.2, 0.25) is 0 Å². The van der Waals surface area contributed by atoms with Crippen LogP contribution in [0.2, 0.25) is 0 Å². The fourth-order valence-electron chi connectivity index (χ4n) is 0.689. The highest BCUT2D eigenvalue weighted by Gasteiger charge is 2.33. The van der Waals surface area contributed by atoms with Crippen molar-refractivity contribution in [1.29, 1.82) is 0 Å². The summed E-state index contributed by atoms with van der Waals surface area (Å²) in [4.78, 5) is 10.6. The Labute approximate surface area is 80.2 Å². The minimum absolute atomic E-state index is 0.264. The van der Waals surface area contributed by atoms with Crippen molar-refractivity contribution in [3.8, 4) is 0 Å². The van der Waals surface area contributed by atoms with Crippen LogP contribution in [0.3, 0.4) is 0 Å². The van der Waals surface area contributed by atoms with Crippen LogP contribution in [0.25, 0.3) is 0 Å². The summed E-state index contributed by atoms with van der Waals surface area (Å²) in [6.07, 6.45) is -2.81. The molecule has 0 heterocycles. The van der Waals surface area contributed by atoms with Crippen molar-refractivity contribution in [2.75, 3.05) is 20.3 Å². The van der Waals surface area contributed by atoms with Crippen LogP contribution in [0.5, 0.6) is 0 Å². The highest BCUT2D eigenvalue weighted by atomic mass is 19.3. The summed E-state index contributed by atoms with van der Waals surface area (Å²) >= 11 is 0. The number of hydrogen-bond donors (Lipinski definition) is 0. The summed E-state index contributed by atoms with van der Waals surface area (Å²) in [5.74, 6) is -4.09. The molecule has 0 fully saturated rings. The molecule has 0 saturated carbocycles. The minimum Gasteiger partial charge on any atom is -0.464 e. The molecular weight excluding hydrogens is 201 g/mol. The Morgan fingerprint density at radius 2 is 2.07 bits per heavy atom. The number of alkyl halides is 3. The maximum absolute atomic E-state index is 12.6. The molecule has 0 aliphatic heterocycles. The van der Waals surface area contributed by atoms with E-state index in [1.54, 1.807) is 0 Å². The van der Waals surface area contributed by atoms with Crippen LogP contribution in [0.1, 0.15) is 13.3 Å². The summed E-state index contributed by atoms with van der Waals surface area (Å²) < 4.78 is 45.9. The average Bonchev–Trinajstić information content (AvgIpc) is 2.02. The zero-order valence-corrected chi connectivity index (χ0v) is 8.06. The van der Waals surface area contributed by atoms with E-state index in [-0.39, 0.29) is 13.2 Å². The number of ether oxygens (including phenoxy) is 2. The molecule has 0 N–H and O–H groups in total. The van der Waals surface area contributed by atoms with Gasteiger partial charge in [-0.1, -0.05) is 0 Å². The predicted octanol–water partition coefficient (Wildman–Crippen LogP) is 1.56. The Morgan fingerprint density at radius 3 is 2.50 bits per heavy atom. The number of carbonyl (C=O) groups is 1. The van der Waals surface area contributed by atoms with Crippen molar-refractivity contribution in [3.05, 3.63) is 0 Å². The zero-order chi connectivity index (χ0) is 11.2. The smallest absolute Gasteiger partial charge is 0.332 e. The quantitative estimate of drug-likeness (QED) is 0.629. The topological polar surface area (TPSA) is 35.5 Å². The Morgan fingerprint density at radius 1 is 1.50 bits per heavy atom. The Kier molecular flexibility index (Phi) is 5.52. The normalized spacial score (nSPS) is 13.8. The molecule has 0 aliphatic rings. The molecule has 0 aromatic rings. The third-order valence-corrected chi connectivity index (χ3v) is 1.45. The second-order valence-corrected chi connectivity index (χ2v) is 2.87. The first-order valence-corrected chi connectivity index (χ1v) is 4.04. The molecule has 0 aliphatic carbocycles. The van der Waals surface area contributed by atoms with Gasteiger partial charge in [0.25, 0.3) is 5.92 Å². The van der Waals surface area contributed by atoms with Gasteiger partial charge in [-0.2, -0.15) is 0 Å². The first kappa shape index (κ1) is 13.2. The fraction of sp³-hybridized carbons (Fsp3) is 0.875. The van der Waals surface area contributed by atoms with Gasteiger partial charge in [-0.25, -0.2) is 18.0 Å². The fourth-order valence-corrected chi connectivity index (χ4v) is 0.689. The predicted molar refractivity (Wildman–Crippen MR) is 43.0 cm³/mol. The Bertz CT molecular complexity index is 179. The van der Waals surface area contributed by atoms with Crippen molar-refractivity contribution in [1.82, 2.24) is 0 Å². The molecule has 14 heavy (non-hydrogen) atoms. The number of carbonyl (C=O) groups excluding carboxylic acids is 1. The molecule has 84 valence electrons. The van der Waals surface area contributed by atoms with Crippen LogP contribution in [-0.2, 0) is 14.3 Å². The van der Waals surface area contributed by atoms with Crippen molar-refractivity contribution in [2.24, 2.45) is 0 Å². The van der Waals surface area contributed by atoms with Gasteiger partial charge < -0.3 is 9.47 Å². The number of halogens is 3. The Hall–Kier alpha value is -0.780. The van der Waals surface area contributed by atoms with E-state index in [9.17, 15) is 18.0 Å². The molecule has 1 atom stereocenters. The van der Waals surface area contributed by atoms with Gasteiger partial charge in [-0.3, -0.25) is 0 Å². The van der Waals surface area contributed by atoms with Crippen LogP contribution >= 0.6 is 0 Å². The van der Waals surface area contributed by atoms with Crippen LogP contribution in [0, 0.1) is 0 Å². The first-order valence-electron chi connectivity index (χ1n) is 4.04. The third kappa shape index (κ3) is 5.80. The molecule has 0 aromatic carbocycles. The maximum atomic E-state index is 12.6. The molecule has 0 radical (unpaired) electrons. The van der Waals surface area contributed by atoms with Crippen molar-refractivity contribution >= 4 is 5.97 Å². The van der Waals surface area contributed by atoms with Gasteiger partial charge in [0.05, 0.1) is 6.61 Å². The number of rotatable bonds is 6. The summed E-state index contributed by atoms with van der Waals surface area (Å²) in [6.45, 7) is -0.152. The lowest BCUT2D eigenvalue weighted by Gasteiger charge is -2.15. The molecule has 0 amide bonds. The largest absolute Gasteiger partial charge is 0.464 e. The van der Waals surface area contributed by atoms with E-state index in [4.69, 9.17) is 0 Å². The van der Waals surface area contributed by atoms with Crippen LogP contribution < -0.4 is 0 Å². The molecule has 0 aromatic heterocycles. The lowest BCUT2D eigenvalue weighted by atomic mass is 10.2. The monoisotopic (exact) mass is 214 g/mol. The van der Waals surface area contributed by atoms with E-state index < -0.39 is 24.5 Å². The SMILES string of the molecule is COCC(=O)OCCC(F)C(C)(F)F. The minimum atomic E-state index is -3.40. The second-order valence-electron chi connectivity index (χ2n) is 2.87. The van der Waals surface area contributed by atoms with E-state index in [1.807, 2.05) is 0 Å². The molecule has 3 nitrogen and oxygen atoms in total. The molecule has 0 saturated heterocycles. The highest BCUT2D eigenvalue weighted by Crippen LogP contribution is 2.22. The van der Waals surface area contributed by atoms with Crippen LogP contribution in [0.4, 0.5) is 13.2 Å². The summed E-state index contributed by atoms with van der Waals surface area (Å²) in [5.41, 5.74) is 0. The summed E-state index contributed by atoms with van der Waals surface area (Å²) in [6, 6.07) is 0. The van der Waals surface area contributed by atoms with E-state index >= 15 is 0 Å².